The van der Waals surface area contributed by atoms with Gasteiger partial charge in [-0.2, -0.15) is 9.50 Å². The van der Waals surface area contributed by atoms with E-state index in [2.05, 4.69) is 15.1 Å². The van der Waals surface area contributed by atoms with Crippen molar-refractivity contribution in [3.63, 3.8) is 0 Å². The number of pyridine rings is 1. The second kappa shape index (κ2) is 7.60. The Labute approximate surface area is 193 Å². The fraction of sp³-hybridized carbons (Fsp3) is 0.167. The van der Waals surface area contributed by atoms with Gasteiger partial charge in [-0.05, 0) is 48.9 Å². The summed E-state index contributed by atoms with van der Waals surface area (Å²) >= 11 is 6.26. The number of aromatic nitrogens is 5. The van der Waals surface area contributed by atoms with Gasteiger partial charge in [0.25, 0.3) is 11.3 Å². The van der Waals surface area contributed by atoms with Crippen LogP contribution in [0.25, 0.3) is 33.8 Å². The highest BCUT2D eigenvalue weighted by molar-refractivity contribution is 6.31. The van der Waals surface area contributed by atoms with Crippen LogP contribution in [0.3, 0.4) is 0 Å². The lowest BCUT2D eigenvalue weighted by Crippen LogP contribution is -2.19. The van der Waals surface area contributed by atoms with Crippen molar-refractivity contribution < 1.29 is 9.47 Å². The first-order valence-electron chi connectivity index (χ1n) is 10.5. The molecule has 0 radical (unpaired) electrons. The van der Waals surface area contributed by atoms with Crippen molar-refractivity contribution in [2.75, 3.05) is 13.2 Å². The van der Waals surface area contributed by atoms with E-state index < -0.39 is 0 Å². The zero-order chi connectivity index (χ0) is 22.5. The molecule has 4 heterocycles. The van der Waals surface area contributed by atoms with Gasteiger partial charge in [0.1, 0.15) is 0 Å². The molecular formula is C24H18ClN5O3. The molecule has 0 saturated carbocycles. The molecule has 0 fully saturated rings. The minimum Gasteiger partial charge on any atom is -0.490 e. The lowest BCUT2D eigenvalue weighted by molar-refractivity contribution is 0.297. The maximum absolute atomic E-state index is 13.3. The molecule has 0 N–H and O–H groups in total. The van der Waals surface area contributed by atoms with Crippen LogP contribution in [0.5, 0.6) is 11.5 Å². The molecule has 0 atom stereocenters. The van der Waals surface area contributed by atoms with Crippen molar-refractivity contribution in [2.24, 2.45) is 0 Å². The van der Waals surface area contributed by atoms with Crippen LogP contribution in [0, 0.1) is 6.92 Å². The summed E-state index contributed by atoms with van der Waals surface area (Å²) in [7, 11) is 0. The van der Waals surface area contributed by atoms with Crippen LogP contribution in [-0.2, 0) is 0 Å². The van der Waals surface area contributed by atoms with E-state index in [0.29, 0.717) is 52.2 Å². The molecule has 0 unspecified atom stereocenters. The number of fused-ring (bicyclic) bond motifs is 4. The zero-order valence-corrected chi connectivity index (χ0v) is 18.4. The van der Waals surface area contributed by atoms with Crippen molar-refractivity contribution in [1.82, 2.24) is 24.1 Å². The summed E-state index contributed by atoms with van der Waals surface area (Å²) in [5.41, 5.74) is 2.74. The molecule has 1 aliphatic rings. The van der Waals surface area contributed by atoms with Crippen LogP contribution in [0.2, 0.25) is 5.02 Å². The highest BCUT2D eigenvalue weighted by Crippen LogP contribution is 2.33. The third-order valence-electron chi connectivity index (χ3n) is 5.74. The van der Waals surface area contributed by atoms with E-state index in [1.165, 1.54) is 6.20 Å². The molecule has 0 amide bonds. The fourth-order valence-electron chi connectivity index (χ4n) is 3.99. The smallest absolute Gasteiger partial charge is 0.266 e. The quantitative estimate of drug-likeness (QED) is 0.393. The number of benzene rings is 2. The Morgan fingerprint density at radius 3 is 2.79 bits per heavy atom. The predicted molar refractivity (Wildman–Crippen MR) is 125 cm³/mol. The van der Waals surface area contributed by atoms with Gasteiger partial charge in [0.2, 0.25) is 0 Å². The van der Waals surface area contributed by atoms with Gasteiger partial charge < -0.3 is 9.47 Å². The summed E-state index contributed by atoms with van der Waals surface area (Å²) in [4.78, 5) is 22.2. The fourth-order valence-corrected chi connectivity index (χ4v) is 4.16. The lowest BCUT2D eigenvalue weighted by Gasteiger charge is -2.11. The normalized spacial score (nSPS) is 13.4. The molecule has 8 nitrogen and oxygen atoms in total. The number of hydrogen-bond acceptors (Lipinski definition) is 6. The third kappa shape index (κ3) is 3.22. The standard InChI is InChI=1S/C24H18ClN5O3/c1-14-17(25)4-2-5-18(14)29-9-8-19-16(23(29)31)13-26-24-27-22(28-30(19)24)15-6-7-20-21(12-15)33-11-3-10-32-20/h2,4-9,12-13H,3,10-11H2,1H3. The van der Waals surface area contributed by atoms with E-state index >= 15 is 0 Å². The maximum atomic E-state index is 13.3. The van der Waals surface area contributed by atoms with E-state index in [1.54, 1.807) is 21.3 Å². The summed E-state index contributed by atoms with van der Waals surface area (Å²) in [6.45, 7) is 3.11. The van der Waals surface area contributed by atoms with E-state index in [0.717, 1.165) is 23.2 Å². The molecule has 33 heavy (non-hydrogen) atoms. The Bertz CT molecular complexity index is 1610. The van der Waals surface area contributed by atoms with Gasteiger partial charge in [-0.1, -0.05) is 17.7 Å². The van der Waals surface area contributed by atoms with Gasteiger partial charge >= 0.3 is 0 Å². The molecule has 5 aromatic rings. The molecule has 164 valence electrons. The first kappa shape index (κ1) is 19.8. The van der Waals surface area contributed by atoms with Crippen molar-refractivity contribution >= 4 is 28.3 Å². The van der Waals surface area contributed by atoms with Crippen LogP contribution >= 0.6 is 11.6 Å². The van der Waals surface area contributed by atoms with Gasteiger partial charge in [0.15, 0.2) is 17.3 Å². The van der Waals surface area contributed by atoms with Crippen molar-refractivity contribution in [1.29, 1.82) is 0 Å². The Balaban J connectivity index is 1.49. The zero-order valence-electron chi connectivity index (χ0n) is 17.7. The molecule has 0 aliphatic carbocycles. The predicted octanol–water partition coefficient (Wildman–Crippen LogP) is 4.22. The van der Waals surface area contributed by atoms with Gasteiger partial charge in [-0.15, -0.1) is 5.10 Å². The number of rotatable bonds is 2. The Morgan fingerprint density at radius 1 is 1.06 bits per heavy atom. The van der Waals surface area contributed by atoms with E-state index in [-0.39, 0.29) is 5.56 Å². The second-order valence-corrected chi connectivity index (χ2v) is 8.20. The molecule has 9 heteroatoms. The number of halogens is 1. The van der Waals surface area contributed by atoms with Gasteiger partial charge in [0, 0.05) is 29.4 Å². The number of ether oxygens (including phenoxy) is 2. The van der Waals surface area contributed by atoms with E-state index in [1.807, 2.05) is 43.3 Å². The highest BCUT2D eigenvalue weighted by atomic mass is 35.5. The minimum absolute atomic E-state index is 0.208. The first-order chi connectivity index (χ1) is 16.1. The summed E-state index contributed by atoms with van der Waals surface area (Å²) < 4.78 is 14.6. The van der Waals surface area contributed by atoms with Crippen LogP contribution in [0.15, 0.2) is 59.7 Å². The molecule has 2 aromatic carbocycles. The van der Waals surface area contributed by atoms with E-state index in [4.69, 9.17) is 21.1 Å². The number of hydrogen-bond donors (Lipinski definition) is 0. The Hall–Kier alpha value is -3.91. The van der Waals surface area contributed by atoms with Crippen molar-refractivity contribution in [3.8, 4) is 28.6 Å². The van der Waals surface area contributed by atoms with Crippen LogP contribution < -0.4 is 15.0 Å². The summed E-state index contributed by atoms with van der Waals surface area (Å²) in [5, 5.41) is 5.67. The van der Waals surface area contributed by atoms with Crippen molar-refractivity contribution in [2.45, 2.75) is 13.3 Å². The largest absolute Gasteiger partial charge is 0.490 e. The molecule has 3 aromatic heterocycles. The van der Waals surface area contributed by atoms with Gasteiger partial charge in [-0.25, -0.2) is 4.98 Å². The average Bonchev–Trinajstić information content (AvgIpc) is 3.13. The minimum atomic E-state index is -0.208. The Morgan fingerprint density at radius 2 is 1.91 bits per heavy atom. The molecule has 0 bridgehead atoms. The van der Waals surface area contributed by atoms with Gasteiger partial charge in [0.05, 0.1) is 29.8 Å². The van der Waals surface area contributed by atoms with Crippen LogP contribution in [0.1, 0.15) is 12.0 Å². The lowest BCUT2D eigenvalue weighted by atomic mass is 10.2. The summed E-state index contributed by atoms with van der Waals surface area (Å²) in [6, 6.07) is 12.9. The average molecular weight is 460 g/mol. The molecule has 6 rings (SSSR count). The highest BCUT2D eigenvalue weighted by Gasteiger charge is 2.17. The van der Waals surface area contributed by atoms with Crippen molar-refractivity contribution in [3.05, 3.63) is 75.8 Å². The molecular weight excluding hydrogens is 442 g/mol. The van der Waals surface area contributed by atoms with Crippen LogP contribution in [-0.4, -0.2) is 37.4 Å². The summed E-state index contributed by atoms with van der Waals surface area (Å²) in [6.07, 6.45) is 4.09. The monoisotopic (exact) mass is 459 g/mol. The SMILES string of the molecule is Cc1c(Cl)cccc1-n1ccc2c(cnc3nc(-c4ccc5c(c4)OCCCO5)nn32)c1=O. The van der Waals surface area contributed by atoms with E-state index in [9.17, 15) is 4.79 Å². The topological polar surface area (TPSA) is 83.5 Å². The first-order valence-corrected chi connectivity index (χ1v) is 10.9. The Kier molecular flexibility index (Phi) is 4.55. The third-order valence-corrected chi connectivity index (χ3v) is 6.15. The van der Waals surface area contributed by atoms with Gasteiger partial charge in [-0.3, -0.25) is 9.36 Å². The second-order valence-electron chi connectivity index (χ2n) is 7.79. The summed E-state index contributed by atoms with van der Waals surface area (Å²) in [5.74, 6) is 2.27. The molecule has 1 aliphatic heterocycles. The molecule has 0 spiro atoms. The van der Waals surface area contributed by atoms with Crippen LogP contribution in [0.4, 0.5) is 0 Å². The maximum Gasteiger partial charge on any atom is 0.266 e. The molecule has 0 saturated heterocycles. The number of nitrogens with zero attached hydrogens (tertiary/aromatic N) is 5.